The molecule has 1 amide bonds. The van der Waals surface area contributed by atoms with Gasteiger partial charge in [-0.15, -0.1) is 0 Å². The van der Waals surface area contributed by atoms with Crippen LogP contribution in [0.15, 0.2) is 72.8 Å². The van der Waals surface area contributed by atoms with Gasteiger partial charge in [-0.2, -0.15) is 0 Å². The average molecular weight is 352 g/mol. The van der Waals surface area contributed by atoms with E-state index >= 15 is 0 Å². The van der Waals surface area contributed by atoms with Gasteiger partial charge in [0.15, 0.2) is 6.61 Å². The molecule has 3 rings (SSSR count). The van der Waals surface area contributed by atoms with Crippen molar-refractivity contribution in [2.24, 2.45) is 0 Å². The molecule has 0 aliphatic rings. The summed E-state index contributed by atoms with van der Waals surface area (Å²) in [6, 6.07) is 23.1. The Morgan fingerprint density at radius 2 is 1.52 bits per heavy atom. The SMILES string of the molecule is Cc1ccc(-c2ccc(OCC(=O)Nc3ccccc3Cl)cc2)cc1. The Hall–Kier alpha value is -2.78. The van der Waals surface area contributed by atoms with Gasteiger partial charge in [0.2, 0.25) is 0 Å². The zero-order valence-corrected chi connectivity index (χ0v) is 14.6. The van der Waals surface area contributed by atoms with Crippen LogP contribution in [0.4, 0.5) is 5.69 Å². The van der Waals surface area contributed by atoms with Gasteiger partial charge in [0, 0.05) is 0 Å². The Labute approximate surface area is 152 Å². The van der Waals surface area contributed by atoms with Crippen molar-refractivity contribution in [3.05, 3.63) is 83.4 Å². The summed E-state index contributed by atoms with van der Waals surface area (Å²) in [7, 11) is 0. The highest BCUT2D eigenvalue weighted by Gasteiger charge is 2.06. The van der Waals surface area contributed by atoms with Crippen molar-refractivity contribution in [1.82, 2.24) is 0 Å². The van der Waals surface area contributed by atoms with Crippen LogP contribution in [0.2, 0.25) is 5.02 Å². The first kappa shape index (κ1) is 17.1. The standard InChI is InChI=1S/C21H18ClNO2/c1-15-6-8-16(9-7-15)17-10-12-18(13-11-17)25-14-21(24)23-20-5-3-2-4-19(20)22/h2-13H,14H2,1H3,(H,23,24). The largest absolute Gasteiger partial charge is 0.484 e. The van der Waals surface area contributed by atoms with Gasteiger partial charge in [0.25, 0.3) is 5.91 Å². The van der Waals surface area contributed by atoms with Crippen LogP contribution in [0.3, 0.4) is 0 Å². The number of rotatable bonds is 5. The van der Waals surface area contributed by atoms with E-state index in [9.17, 15) is 4.79 Å². The molecule has 3 aromatic carbocycles. The molecule has 0 saturated carbocycles. The van der Waals surface area contributed by atoms with E-state index in [1.807, 2.05) is 36.4 Å². The van der Waals surface area contributed by atoms with E-state index in [0.29, 0.717) is 16.5 Å². The van der Waals surface area contributed by atoms with E-state index in [1.165, 1.54) is 5.56 Å². The van der Waals surface area contributed by atoms with Gasteiger partial charge in [0.1, 0.15) is 5.75 Å². The first-order valence-corrected chi connectivity index (χ1v) is 8.34. The lowest BCUT2D eigenvalue weighted by Crippen LogP contribution is -2.20. The quantitative estimate of drug-likeness (QED) is 0.674. The second-order valence-electron chi connectivity index (χ2n) is 5.71. The molecule has 0 aromatic heterocycles. The zero-order valence-electron chi connectivity index (χ0n) is 13.8. The molecule has 0 aliphatic carbocycles. The van der Waals surface area contributed by atoms with Crippen molar-refractivity contribution in [2.75, 3.05) is 11.9 Å². The van der Waals surface area contributed by atoms with Crippen LogP contribution < -0.4 is 10.1 Å². The number of aryl methyl sites for hydroxylation is 1. The number of carbonyl (C=O) groups excluding carboxylic acids is 1. The van der Waals surface area contributed by atoms with Gasteiger partial charge in [0.05, 0.1) is 10.7 Å². The summed E-state index contributed by atoms with van der Waals surface area (Å²) in [5.74, 6) is 0.390. The van der Waals surface area contributed by atoms with Crippen molar-refractivity contribution >= 4 is 23.2 Å². The molecule has 0 atom stereocenters. The highest BCUT2D eigenvalue weighted by molar-refractivity contribution is 6.33. The fraction of sp³-hybridized carbons (Fsp3) is 0.0952. The van der Waals surface area contributed by atoms with E-state index in [2.05, 4.69) is 36.5 Å². The number of carbonyl (C=O) groups is 1. The van der Waals surface area contributed by atoms with Crippen LogP contribution in [0.25, 0.3) is 11.1 Å². The molecule has 0 unspecified atom stereocenters. The monoisotopic (exact) mass is 351 g/mol. The molecule has 0 aliphatic heterocycles. The third kappa shape index (κ3) is 4.61. The number of amides is 1. The maximum absolute atomic E-state index is 12.0. The fourth-order valence-electron chi connectivity index (χ4n) is 2.39. The Bertz CT molecular complexity index is 858. The van der Waals surface area contributed by atoms with Gasteiger partial charge < -0.3 is 10.1 Å². The normalized spacial score (nSPS) is 10.3. The Morgan fingerprint density at radius 3 is 2.16 bits per heavy atom. The average Bonchev–Trinajstić information content (AvgIpc) is 2.63. The minimum atomic E-state index is -0.254. The van der Waals surface area contributed by atoms with Crippen LogP contribution in [0.1, 0.15) is 5.56 Å². The number of benzene rings is 3. The summed E-state index contributed by atoms with van der Waals surface area (Å²) in [6.45, 7) is 1.99. The topological polar surface area (TPSA) is 38.3 Å². The van der Waals surface area contributed by atoms with Crippen molar-refractivity contribution in [3.63, 3.8) is 0 Å². The molecule has 0 heterocycles. The van der Waals surface area contributed by atoms with Crippen LogP contribution in [-0.2, 0) is 4.79 Å². The molecule has 0 bridgehead atoms. The summed E-state index contributed by atoms with van der Waals surface area (Å²) in [5.41, 5.74) is 4.06. The van der Waals surface area contributed by atoms with Gasteiger partial charge in [-0.05, 0) is 42.3 Å². The summed E-state index contributed by atoms with van der Waals surface area (Å²) in [4.78, 5) is 12.0. The number of halogens is 1. The predicted octanol–water partition coefficient (Wildman–Crippen LogP) is 5.33. The van der Waals surface area contributed by atoms with Crippen LogP contribution in [0.5, 0.6) is 5.75 Å². The molecule has 3 aromatic rings. The van der Waals surface area contributed by atoms with Crippen molar-refractivity contribution in [3.8, 4) is 16.9 Å². The molecule has 25 heavy (non-hydrogen) atoms. The van der Waals surface area contributed by atoms with E-state index < -0.39 is 0 Å². The third-order valence-corrected chi connectivity index (χ3v) is 4.09. The molecule has 4 heteroatoms. The van der Waals surface area contributed by atoms with Gasteiger partial charge in [-0.1, -0.05) is 65.7 Å². The van der Waals surface area contributed by atoms with Gasteiger partial charge in [-0.25, -0.2) is 0 Å². The Kier molecular flexibility index (Phi) is 5.36. The van der Waals surface area contributed by atoms with E-state index in [0.717, 1.165) is 11.1 Å². The number of anilines is 1. The van der Waals surface area contributed by atoms with Crippen molar-refractivity contribution in [2.45, 2.75) is 6.92 Å². The maximum Gasteiger partial charge on any atom is 0.262 e. The van der Waals surface area contributed by atoms with Crippen LogP contribution in [0, 0.1) is 6.92 Å². The van der Waals surface area contributed by atoms with Crippen LogP contribution in [-0.4, -0.2) is 12.5 Å². The molecule has 1 N–H and O–H groups in total. The van der Waals surface area contributed by atoms with Crippen molar-refractivity contribution in [1.29, 1.82) is 0 Å². The Balaban J connectivity index is 1.57. The lowest BCUT2D eigenvalue weighted by Gasteiger charge is -2.09. The fourth-order valence-corrected chi connectivity index (χ4v) is 2.57. The number of nitrogens with one attached hydrogen (secondary N) is 1. The molecule has 0 spiro atoms. The predicted molar refractivity (Wildman–Crippen MR) is 102 cm³/mol. The summed E-state index contributed by atoms with van der Waals surface area (Å²) in [6.07, 6.45) is 0. The minimum Gasteiger partial charge on any atom is -0.484 e. The Morgan fingerprint density at radius 1 is 0.920 bits per heavy atom. The molecule has 3 nitrogen and oxygen atoms in total. The summed E-state index contributed by atoms with van der Waals surface area (Å²) < 4.78 is 5.53. The second kappa shape index (κ2) is 7.86. The second-order valence-corrected chi connectivity index (χ2v) is 6.11. The van der Waals surface area contributed by atoms with E-state index in [1.54, 1.807) is 12.1 Å². The molecular weight excluding hydrogens is 334 g/mol. The number of hydrogen-bond acceptors (Lipinski definition) is 2. The number of hydrogen-bond donors (Lipinski definition) is 1. The molecule has 0 radical (unpaired) electrons. The minimum absolute atomic E-state index is 0.0743. The lowest BCUT2D eigenvalue weighted by molar-refractivity contribution is -0.118. The molecule has 0 saturated heterocycles. The lowest BCUT2D eigenvalue weighted by atomic mass is 10.0. The molecule has 126 valence electrons. The van der Waals surface area contributed by atoms with Crippen molar-refractivity contribution < 1.29 is 9.53 Å². The number of ether oxygens (including phenoxy) is 1. The highest BCUT2D eigenvalue weighted by atomic mass is 35.5. The van der Waals surface area contributed by atoms with Gasteiger partial charge in [-0.3, -0.25) is 4.79 Å². The third-order valence-electron chi connectivity index (χ3n) is 3.76. The highest BCUT2D eigenvalue weighted by Crippen LogP contribution is 2.23. The van der Waals surface area contributed by atoms with Crippen LogP contribution >= 0.6 is 11.6 Å². The first-order valence-electron chi connectivity index (χ1n) is 7.96. The first-order chi connectivity index (χ1) is 12.1. The maximum atomic E-state index is 12.0. The molecular formula is C21H18ClNO2. The molecule has 0 fully saturated rings. The van der Waals surface area contributed by atoms with Gasteiger partial charge >= 0.3 is 0 Å². The van der Waals surface area contributed by atoms with E-state index in [-0.39, 0.29) is 12.5 Å². The number of para-hydroxylation sites is 1. The summed E-state index contributed by atoms with van der Waals surface area (Å²) >= 11 is 6.02. The summed E-state index contributed by atoms with van der Waals surface area (Å²) in [5, 5.41) is 3.23. The van der Waals surface area contributed by atoms with E-state index in [4.69, 9.17) is 16.3 Å². The smallest absolute Gasteiger partial charge is 0.262 e. The zero-order chi connectivity index (χ0) is 17.6.